The maximum absolute atomic E-state index is 11.3. The molecule has 0 aliphatic rings. The standard InChI is InChI=1S/C14H12N2O2S/c17-14(18)11-4-1-5-12-13(11)16(9-15-12)7-6-10-3-2-8-19-10/h1-5,8-9H,6-7H2,(H,17,18). The summed E-state index contributed by atoms with van der Waals surface area (Å²) >= 11 is 1.71. The molecule has 3 aromatic rings. The van der Waals surface area contributed by atoms with Crippen LogP contribution in [0, 0.1) is 0 Å². The maximum Gasteiger partial charge on any atom is 0.337 e. The van der Waals surface area contributed by atoms with Gasteiger partial charge >= 0.3 is 5.97 Å². The molecule has 0 amide bonds. The van der Waals surface area contributed by atoms with E-state index < -0.39 is 5.97 Å². The Morgan fingerprint density at radius 2 is 2.21 bits per heavy atom. The van der Waals surface area contributed by atoms with Crippen LogP contribution in [0.1, 0.15) is 15.2 Å². The molecular weight excluding hydrogens is 260 g/mol. The number of aromatic carboxylic acids is 1. The van der Waals surface area contributed by atoms with Crippen molar-refractivity contribution in [3.63, 3.8) is 0 Å². The van der Waals surface area contributed by atoms with Crippen molar-refractivity contribution in [2.24, 2.45) is 0 Å². The van der Waals surface area contributed by atoms with Crippen LogP contribution >= 0.6 is 11.3 Å². The fourth-order valence-electron chi connectivity index (χ4n) is 2.15. The number of nitrogens with zero attached hydrogens (tertiary/aromatic N) is 2. The topological polar surface area (TPSA) is 55.1 Å². The van der Waals surface area contributed by atoms with Crippen LogP contribution in [0.5, 0.6) is 0 Å². The number of hydrogen-bond donors (Lipinski definition) is 1. The fourth-order valence-corrected chi connectivity index (χ4v) is 2.85. The van der Waals surface area contributed by atoms with E-state index in [-0.39, 0.29) is 0 Å². The SMILES string of the molecule is O=C(O)c1cccc2ncn(CCc3cccs3)c12. The summed E-state index contributed by atoms with van der Waals surface area (Å²) in [7, 11) is 0. The lowest BCUT2D eigenvalue weighted by atomic mass is 10.2. The smallest absolute Gasteiger partial charge is 0.337 e. The van der Waals surface area contributed by atoms with E-state index in [0.717, 1.165) is 18.5 Å². The minimum Gasteiger partial charge on any atom is -0.478 e. The van der Waals surface area contributed by atoms with Gasteiger partial charge in [-0.25, -0.2) is 9.78 Å². The first-order valence-electron chi connectivity index (χ1n) is 5.95. The van der Waals surface area contributed by atoms with Crippen LogP contribution in [0.4, 0.5) is 0 Å². The Labute approximate surface area is 113 Å². The summed E-state index contributed by atoms with van der Waals surface area (Å²) in [6, 6.07) is 9.29. The molecule has 2 aromatic heterocycles. The number of hydrogen-bond acceptors (Lipinski definition) is 3. The Morgan fingerprint density at radius 1 is 1.32 bits per heavy atom. The molecule has 0 saturated carbocycles. The minimum atomic E-state index is -0.913. The molecule has 1 N–H and O–H groups in total. The summed E-state index contributed by atoms with van der Waals surface area (Å²) in [4.78, 5) is 16.8. The largest absolute Gasteiger partial charge is 0.478 e. The zero-order chi connectivity index (χ0) is 13.2. The van der Waals surface area contributed by atoms with Gasteiger partial charge in [-0.2, -0.15) is 0 Å². The van der Waals surface area contributed by atoms with Gasteiger partial charge in [-0.05, 0) is 30.0 Å². The number of benzene rings is 1. The number of aryl methyl sites for hydroxylation is 2. The van der Waals surface area contributed by atoms with Crippen LogP contribution in [-0.4, -0.2) is 20.6 Å². The maximum atomic E-state index is 11.3. The van der Waals surface area contributed by atoms with Crippen molar-refractivity contribution < 1.29 is 9.90 Å². The third-order valence-electron chi connectivity index (χ3n) is 3.05. The van der Waals surface area contributed by atoms with Crippen LogP contribution in [0.3, 0.4) is 0 Å². The van der Waals surface area contributed by atoms with E-state index in [1.807, 2.05) is 22.1 Å². The Morgan fingerprint density at radius 3 is 2.95 bits per heavy atom. The van der Waals surface area contributed by atoms with Crippen LogP contribution in [-0.2, 0) is 13.0 Å². The first-order valence-corrected chi connectivity index (χ1v) is 6.83. The summed E-state index contributed by atoms with van der Waals surface area (Å²) in [5.41, 5.74) is 1.74. The van der Waals surface area contributed by atoms with Crippen LogP contribution in [0.2, 0.25) is 0 Å². The molecule has 0 unspecified atom stereocenters. The monoisotopic (exact) mass is 272 g/mol. The highest BCUT2D eigenvalue weighted by Gasteiger charge is 2.13. The Kier molecular flexibility index (Phi) is 3.05. The van der Waals surface area contributed by atoms with Crippen LogP contribution < -0.4 is 0 Å². The molecule has 96 valence electrons. The van der Waals surface area contributed by atoms with Crippen LogP contribution in [0.25, 0.3) is 11.0 Å². The first kappa shape index (κ1) is 11.9. The predicted molar refractivity (Wildman–Crippen MR) is 74.7 cm³/mol. The Balaban J connectivity index is 1.97. The van der Waals surface area contributed by atoms with E-state index >= 15 is 0 Å². The van der Waals surface area contributed by atoms with E-state index in [4.69, 9.17) is 0 Å². The third kappa shape index (κ3) is 2.24. The quantitative estimate of drug-likeness (QED) is 0.794. The molecule has 0 radical (unpaired) electrons. The second-order valence-corrected chi connectivity index (χ2v) is 5.28. The lowest BCUT2D eigenvalue weighted by Crippen LogP contribution is -2.04. The van der Waals surface area contributed by atoms with Crippen molar-refractivity contribution in [3.8, 4) is 0 Å². The van der Waals surface area contributed by atoms with Gasteiger partial charge in [0.2, 0.25) is 0 Å². The van der Waals surface area contributed by atoms with Gasteiger partial charge in [-0.15, -0.1) is 11.3 Å². The van der Waals surface area contributed by atoms with E-state index in [9.17, 15) is 9.90 Å². The normalized spacial score (nSPS) is 10.9. The minimum absolute atomic E-state index is 0.307. The van der Waals surface area contributed by atoms with Gasteiger partial charge in [0.05, 0.1) is 22.9 Å². The number of thiophene rings is 1. The van der Waals surface area contributed by atoms with E-state index in [1.165, 1.54) is 4.88 Å². The molecule has 0 aliphatic carbocycles. The fraction of sp³-hybridized carbons (Fsp3) is 0.143. The Bertz CT molecular complexity index is 716. The highest BCUT2D eigenvalue weighted by atomic mass is 32.1. The van der Waals surface area contributed by atoms with Crippen molar-refractivity contribution in [1.82, 2.24) is 9.55 Å². The zero-order valence-electron chi connectivity index (χ0n) is 10.1. The number of imidazole rings is 1. The number of carboxylic acid groups (broad SMARTS) is 1. The molecular formula is C14H12N2O2S. The summed E-state index contributed by atoms with van der Waals surface area (Å²) in [5, 5.41) is 11.3. The second-order valence-electron chi connectivity index (χ2n) is 4.25. The van der Waals surface area contributed by atoms with Crippen molar-refractivity contribution in [2.75, 3.05) is 0 Å². The van der Waals surface area contributed by atoms with Crippen molar-refractivity contribution >= 4 is 28.3 Å². The average molecular weight is 272 g/mol. The summed E-state index contributed by atoms with van der Waals surface area (Å²) < 4.78 is 1.92. The molecule has 2 heterocycles. The molecule has 0 bridgehead atoms. The van der Waals surface area contributed by atoms with E-state index in [2.05, 4.69) is 11.1 Å². The number of rotatable bonds is 4. The Hall–Kier alpha value is -2.14. The van der Waals surface area contributed by atoms with Crippen molar-refractivity contribution in [2.45, 2.75) is 13.0 Å². The second kappa shape index (κ2) is 4.85. The molecule has 0 spiro atoms. The third-order valence-corrected chi connectivity index (χ3v) is 3.98. The van der Waals surface area contributed by atoms with Gasteiger partial charge in [-0.3, -0.25) is 0 Å². The molecule has 5 heteroatoms. The number of para-hydroxylation sites is 1. The number of aromatic nitrogens is 2. The molecule has 0 atom stereocenters. The molecule has 19 heavy (non-hydrogen) atoms. The molecule has 3 rings (SSSR count). The lowest BCUT2D eigenvalue weighted by molar-refractivity contribution is 0.0698. The van der Waals surface area contributed by atoms with Gasteiger partial charge < -0.3 is 9.67 Å². The molecule has 0 aliphatic heterocycles. The summed E-state index contributed by atoms with van der Waals surface area (Å²) in [5.74, 6) is -0.913. The van der Waals surface area contributed by atoms with Crippen LogP contribution in [0.15, 0.2) is 42.0 Å². The number of carboxylic acids is 1. The van der Waals surface area contributed by atoms with Gasteiger partial charge in [0.25, 0.3) is 0 Å². The predicted octanol–water partition coefficient (Wildman–Crippen LogP) is 3.04. The summed E-state index contributed by atoms with van der Waals surface area (Å²) in [6.45, 7) is 0.737. The highest BCUT2D eigenvalue weighted by Crippen LogP contribution is 2.19. The van der Waals surface area contributed by atoms with Gasteiger partial charge in [-0.1, -0.05) is 12.1 Å². The first-order chi connectivity index (χ1) is 9.25. The zero-order valence-corrected chi connectivity index (χ0v) is 10.9. The van der Waals surface area contributed by atoms with Crippen molar-refractivity contribution in [3.05, 3.63) is 52.5 Å². The average Bonchev–Trinajstić information content (AvgIpc) is 3.05. The molecule has 1 aromatic carbocycles. The van der Waals surface area contributed by atoms with Gasteiger partial charge in [0, 0.05) is 11.4 Å². The molecule has 0 saturated heterocycles. The molecule has 0 fully saturated rings. The number of carbonyl (C=O) groups is 1. The van der Waals surface area contributed by atoms with Crippen molar-refractivity contribution in [1.29, 1.82) is 0 Å². The van der Waals surface area contributed by atoms with Gasteiger partial charge in [0.1, 0.15) is 0 Å². The van der Waals surface area contributed by atoms with E-state index in [0.29, 0.717) is 11.1 Å². The summed E-state index contributed by atoms with van der Waals surface area (Å²) in [6.07, 6.45) is 2.60. The van der Waals surface area contributed by atoms with E-state index in [1.54, 1.807) is 29.8 Å². The molecule has 4 nitrogen and oxygen atoms in total. The highest BCUT2D eigenvalue weighted by molar-refractivity contribution is 7.09. The van der Waals surface area contributed by atoms with Gasteiger partial charge in [0.15, 0.2) is 0 Å². The lowest BCUT2D eigenvalue weighted by Gasteiger charge is -2.05. The number of fused-ring (bicyclic) bond motifs is 1.